The summed E-state index contributed by atoms with van der Waals surface area (Å²) in [5.74, 6) is 0.493. The van der Waals surface area contributed by atoms with E-state index < -0.39 is 5.54 Å². The molecule has 2 N–H and O–H groups in total. The van der Waals surface area contributed by atoms with Crippen LogP contribution in [0.1, 0.15) is 11.1 Å². The van der Waals surface area contributed by atoms with Crippen molar-refractivity contribution in [2.45, 2.75) is 5.54 Å². The zero-order chi connectivity index (χ0) is 18.9. The number of amidine groups is 1. The lowest BCUT2D eigenvalue weighted by Gasteiger charge is -2.26. The van der Waals surface area contributed by atoms with E-state index in [1.165, 1.54) is 12.1 Å². The minimum Gasteiger partial charge on any atom is -0.497 e. The second-order valence-electron chi connectivity index (χ2n) is 6.42. The van der Waals surface area contributed by atoms with Gasteiger partial charge in [0.05, 0.1) is 7.11 Å². The Hall–Kier alpha value is -3.34. The van der Waals surface area contributed by atoms with Crippen LogP contribution < -0.4 is 10.5 Å². The summed E-state index contributed by atoms with van der Waals surface area (Å²) < 4.78 is 24.3. The maximum Gasteiger partial charge on any atom is 0.283 e. The van der Waals surface area contributed by atoms with Crippen LogP contribution in [0.2, 0.25) is 0 Å². The molecular formula is C22H19FN2O2. The van der Waals surface area contributed by atoms with Crippen LogP contribution in [-0.4, -0.2) is 19.7 Å². The van der Waals surface area contributed by atoms with Crippen molar-refractivity contribution in [1.82, 2.24) is 0 Å². The van der Waals surface area contributed by atoms with Crippen molar-refractivity contribution in [2.75, 3.05) is 13.7 Å². The summed E-state index contributed by atoms with van der Waals surface area (Å²) in [5.41, 5.74) is 8.84. The first-order chi connectivity index (χ1) is 13.1. The first kappa shape index (κ1) is 17.1. The molecular weight excluding hydrogens is 343 g/mol. The smallest absolute Gasteiger partial charge is 0.283 e. The minimum absolute atomic E-state index is 0.131. The Bertz CT molecular complexity index is 1000. The van der Waals surface area contributed by atoms with E-state index in [-0.39, 0.29) is 18.4 Å². The van der Waals surface area contributed by atoms with Crippen LogP contribution >= 0.6 is 0 Å². The molecule has 4 nitrogen and oxygen atoms in total. The topological polar surface area (TPSA) is 56.8 Å². The number of rotatable bonds is 4. The van der Waals surface area contributed by atoms with Crippen molar-refractivity contribution < 1.29 is 13.9 Å². The van der Waals surface area contributed by atoms with Crippen molar-refractivity contribution in [3.8, 4) is 16.9 Å². The van der Waals surface area contributed by atoms with Gasteiger partial charge in [0.25, 0.3) is 6.02 Å². The van der Waals surface area contributed by atoms with Gasteiger partial charge in [0.15, 0.2) is 5.54 Å². The minimum atomic E-state index is -0.799. The third kappa shape index (κ3) is 3.12. The Morgan fingerprint density at radius 2 is 1.67 bits per heavy atom. The standard InChI is InChI=1S/C22H19FN2O2/c1-26-20-7-3-5-16(13-20)15-4-2-6-18(12-15)22(14-27-21(24)25-22)17-8-10-19(23)11-9-17/h2-13H,14H2,1H3,(H2,24,25). The van der Waals surface area contributed by atoms with Crippen LogP contribution in [0.4, 0.5) is 4.39 Å². The average molecular weight is 362 g/mol. The molecule has 0 saturated heterocycles. The molecule has 1 aliphatic rings. The van der Waals surface area contributed by atoms with Crippen LogP contribution in [0, 0.1) is 5.82 Å². The van der Waals surface area contributed by atoms with Gasteiger partial charge in [-0.2, -0.15) is 0 Å². The molecule has 136 valence electrons. The summed E-state index contributed by atoms with van der Waals surface area (Å²) in [6.07, 6.45) is 0. The fraction of sp³-hybridized carbons (Fsp3) is 0.136. The van der Waals surface area contributed by atoms with Crippen molar-refractivity contribution >= 4 is 6.02 Å². The largest absolute Gasteiger partial charge is 0.497 e. The number of nitrogens with zero attached hydrogens (tertiary/aromatic N) is 1. The number of methoxy groups -OCH3 is 1. The predicted octanol–water partition coefficient (Wildman–Crippen LogP) is 4.09. The Balaban J connectivity index is 1.83. The van der Waals surface area contributed by atoms with E-state index in [2.05, 4.69) is 11.1 Å². The maximum atomic E-state index is 13.4. The Kier molecular flexibility index (Phi) is 4.28. The molecule has 0 spiro atoms. The van der Waals surface area contributed by atoms with E-state index in [4.69, 9.17) is 15.2 Å². The van der Waals surface area contributed by atoms with Gasteiger partial charge in [-0.15, -0.1) is 0 Å². The molecule has 1 heterocycles. The predicted molar refractivity (Wildman–Crippen MR) is 103 cm³/mol. The average Bonchev–Trinajstić information content (AvgIpc) is 3.11. The molecule has 0 amide bonds. The van der Waals surface area contributed by atoms with Crippen molar-refractivity contribution in [3.63, 3.8) is 0 Å². The first-order valence-electron chi connectivity index (χ1n) is 8.60. The highest BCUT2D eigenvalue weighted by molar-refractivity contribution is 5.76. The summed E-state index contributed by atoms with van der Waals surface area (Å²) >= 11 is 0. The summed E-state index contributed by atoms with van der Waals surface area (Å²) in [6.45, 7) is 0.270. The molecule has 0 aromatic heterocycles. The highest BCUT2D eigenvalue weighted by Gasteiger charge is 2.40. The second kappa shape index (κ2) is 6.76. The van der Waals surface area contributed by atoms with E-state index in [9.17, 15) is 4.39 Å². The van der Waals surface area contributed by atoms with Gasteiger partial charge in [-0.05, 0) is 52.6 Å². The molecule has 0 fully saturated rings. The third-order valence-corrected chi connectivity index (χ3v) is 4.79. The summed E-state index contributed by atoms with van der Waals surface area (Å²) in [4.78, 5) is 4.58. The van der Waals surface area contributed by atoms with Crippen molar-refractivity contribution in [2.24, 2.45) is 10.7 Å². The molecule has 0 saturated carbocycles. The van der Waals surface area contributed by atoms with Crippen molar-refractivity contribution in [1.29, 1.82) is 0 Å². The highest BCUT2D eigenvalue weighted by Crippen LogP contribution is 2.39. The fourth-order valence-corrected chi connectivity index (χ4v) is 3.38. The molecule has 1 unspecified atom stereocenters. The van der Waals surface area contributed by atoms with Gasteiger partial charge in [-0.1, -0.05) is 42.5 Å². The fourth-order valence-electron chi connectivity index (χ4n) is 3.38. The molecule has 3 aromatic rings. The van der Waals surface area contributed by atoms with Crippen LogP contribution in [0.15, 0.2) is 77.8 Å². The van der Waals surface area contributed by atoms with Gasteiger partial charge in [-0.3, -0.25) is 0 Å². The summed E-state index contributed by atoms with van der Waals surface area (Å²) in [7, 11) is 1.65. The molecule has 1 aliphatic heterocycles. The molecule has 0 aliphatic carbocycles. The van der Waals surface area contributed by atoms with Gasteiger partial charge in [0.1, 0.15) is 18.2 Å². The van der Waals surface area contributed by atoms with E-state index >= 15 is 0 Å². The number of aliphatic imine (C=N–C) groups is 1. The van der Waals surface area contributed by atoms with Crippen LogP contribution in [-0.2, 0) is 10.3 Å². The van der Waals surface area contributed by atoms with Gasteiger partial charge in [-0.25, -0.2) is 9.38 Å². The van der Waals surface area contributed by atoms with E-state index in [0.717, 1.165) is 28.0 Å². The highest BCUT2D eigenvalue weighted by atomic mass is 19.1. The number of nitrogens with two attached hydrogens (primary N) is 1. The maximum absolute atomic E-state index is 13.4. The number of hydrogen-bond donors (Lipinski definition) is 1. The Labute approximate surface area is 157 Å². The molecule has 1 atom stereocenters. The first-order valence-corrected chi connectivity index (χ1v) is 8.60. The van der Waals surface area contributed by atoms with Crippen LogP contribution in [0.3, 0.4) is 0 Å². The Morgan fingerprint density at radius 1 is 0.963 bits per heavy atom. The van der Waals surface area contributed by atoms with Gasteiger partial charge >= 0.3 is 0 Å². The van der Waals surface area contributed by atoms with E-state index in [0.29, 0.717) is 0 Å². The lowest BCUT2D eigenvalue weighted by molar-refractivity contribution is 0.278. The Morgan fingerprint density at radius 3 is 2.33 bits per heavy atom. The van der Waals surface area contributed by atoms with E-state index in [1.807, 2.05) is 42.5 Å². The zero-order valence-corrected chi connectivity index (χ0v) is 14.9. The molecule has 3 aromatic carbocycles. The second-order valence-corrected chi connectivity index (χ2v) is 6.42. The summed E-state index contributed by atoms with van der Waals surface area (Å²) in [6, 6.07) is 22.3. The molecule has 5 heteroatoms. The zero-order valence-electron chi connectivity index (χ0n) is 14.9. The number of halogens is 1. The number of benzene rings is 3. The lowest BCUT2D eigenvalue weighted by atomic mass is 9.83. The molecule has 0 radical (unpaired) electrons. The SMILES string of the molecule is COc1cccc(-c2cccc(C3(c4ccc(F)cc4)COC(N)=N3)c2)c1. The van der Waals surface area contributed by atoms with Gasteiger partial charge in [0.2, 0.25) is 0 Å². The number of ether oxygens (including phenoxy) is 2. The quantitative estimate of drug-likeness (QED) is 0.760. The lowest BCUT2D eigenvalue weighted by Crippen LogP contribution is -2.27. The molecule has 27 heavy (non-hydrogen) atoms. The van der Waals surface area contributed by atoms with E-state index in [1.54, 1.807) is 19.2 Å². The number of hydrogen-bond acceptors (Lipinski definition) is 4. The normalized spacial score (nSPS) is 18.7. The van der Waals surface area contributed by atoms with Gasteiger partial charge < -0.3 is 15.2 Å². The molecule has 4 rings (SSSR count). The summed E-state index contributed by atoms with van der Waals surface area (Å²) in [5, 5.41) is 0. The van der Waals surface area contributed by atoms with Crippen LogP contribution in [0.25, 0.3) is 11.1 Å². The third-order valence-electron chi connectivity index (χ3n) is 4.79. The van der Waals surface area contributed by atoms with Gasteiger partial charge in [0, 0.05) is 0 Å². The van der Waals surface area contributed by atoms with Crippen LogP contribution in [0.5, 0.6) is 5.75 Å². The van der Waals surface area contributed by atoms with Crippen molar-refractivity contribution in [3.05, 3.63) is 89.7 Å². The monoisotopic (exact) mass is 362 g/mol. The molecule has 0 bridgehead atoms.